The highest BCUT2D eigenvalue weighted by atomic mass is 19.1. The van der Waals surface area contributed by atoms with E-state index in [4.69, 9.17) is 4.74 Å². The standard InChI is InChI=1S/C22H23FN4O2/c23-19-9-4-8-18-20(10-5-11-29-21(18)19)26-22(28)24-12-17-13-25-27(15-17)14-16-6-2-1-3-7-16/h1-4,6-9,13,15,20H,5,10-12,14H2,(H2,24,26,28). The van der Waals surface area contributed by atoms with E-state index < -0.39 is 5.82 Å². The zero-order valence-corrected chi connectivity index (χ0v) is 16.0. The van der Waals surface area contributed by atoms with Gasteiger partial charge in [-0.1, -0.05) is 42.5 Å². The van der Waals surface area contributed by atoms with Crippen LogP contribution >= 0.6 is 0 Å². The summed E-state index contributed by atoms with van der Waals surface area (Å²) in [4.78, 5) is 12.4. The number of carbonyl (C=O) groups excluding carboxylic acids is 1. The van der Waals surface area contributed by atoms with Gasteiger partial charge in [0.2, 0.25) is 0 Å². The van der Waals surface area contributed by atoms with Crippen LogP contribution < -0.4 is 15.4 Å². The number of para-hydroxylation sites is 1. The van der Waals surface area contributed by atoms with E-state index in [1.54, 1.807) is 18.3 Å². The highest BCUT2D eigenvalue weighted by Crippen LogP contribution is 2.33. The summed E-state index contributed by atoms with van der Waals surface area (Å²) >= 11 is 0. The summed E-state index contributed by atoms with van der Waals surface area (Å²) in [6.45, 7) is 1.48. The molecular formula is C22H23FN4O2. The Hall–Kier alpha value is -3.35. The molecule has 6 nitrogen and oxygen atoms in total. The molecule has 0 saturated heterocycles. The first-order valence-electron chi connectivity index (χ1n) is 9.70. The van der Waals surface area contributed by atoms with Crippen molar-refractivity contribution >= 4 is 6.03 Å². The number of halogens is 1. The second-order valence-electron chi connectivity index (χ2n) is 7.06. The number of nitrogens with zero attached hydrogens (tertiary/aromatic N) is 2. The molecule has 0 fully saturated rings. The number of fused-ring (bicyclic) bond motifs is 1. The maximum atomic E-state index is 14.0. The van der Waals surface area contributed by atoms with Gasteiger partial charge in [-0.05, 0) is 24.5 Å². The number of benzene rings is 2. The molecule has 2 N–H and O–H groups in total. The van der Waals surface area contributed by atoms with Crippen LogP contribution in [-0.2, 0) is 13.1 Å². The summed E-state index contributed by atoms with van der Waals surface area (Å²) in [5.74, 6) is -0.167. The van der Waals surface area contributed by atoms with E-state index in [1.807, 2.05) is 41.2 Å². The van der Waals surface area contributed by atoms with Gasteiger partial charge in [0.05, 0.1) is 25.4 Å². The number of ether oxygens (including phenoxy) is 1. The molecule has 0 spiro atoms. The van der Waals surface area contributed by atoms with Gasteiger partial charge in [-0.3, -0.25) is 4.68 Å². The molecule has 1 aromatic heterocycles. The first kappa shape index (κ1) is 19.0. The number of urea groups is 1. The smallest absolute Gasteiger partial charge is 0.315 e. The Labute approximate surface area is 168 Å². The Morgan fingerprint density at radius 1 is 1.17 bits per heavy atom. The third-order valence-electron chi connectivity index (χ3n) is 4.89. The van der Waals surface area contributed by atoms with Crippen molar-refractivity contribution in [1.82, 2.24) is 20.4 Å². The number of amides is 2. The zero-order valence-electron chi connectivity index (χ0n) is 16.0. The summed E-state index contributed by atoms with van der Waals surface area (Å²) in [7, 11) is 0. The highest BCUT2D eigenvalue weighted by molar-refractivity contribution is 5.74. The van der Waals surface area contributed by atoms with Crippen LogP contribution in [0.3, 0.4) is 0 Å². The van der Waals surface area contributed by atoms with E-state index >= 15 is 0 Å². The fourth-order valence-corrected chi connectivity index (χ4v) is 3.47. The quantitative estimate of drug-likeness (QED) is 0.692. The second-order valence-corrected chi connectivity index (χ2v) is 7.06. The van der Waals surface area contributed by atoms with Crippen molar-refractivity contribution < 1.29 is 13.9 Å². The minimum atomic E-state index is -0.401. The zero-order chi connectivity index (χ0) is 20.1. The fraction of sp³-hybridized carbons (Fsp3) is 0.273. The first-order chi connectivity index (χ1) is 14.2. The number of nitrogens with one attached hydrogen (secondary N) is 2. The third kappa shape index (κ3) is 4.74. The van der Waals surface area contributed by atoms with Crippen molar-refractivity contribution in [1.29, 1.82) is 0 Å². The average Bonchev–Trinajstić information content (AvgIpc) is 3.07. The summed E-state index contributed by atoms with van der Waals surface area (Å²) in [5.41, 5.74) is 2.74. The Kier molecular flexibility index (Phi) is 5.74. The van der Waals surface area contributed by atoms with Gasteiger partial charge in [-0.25, -0.2) is 9.18 Å². The number of hydrogen-bond acceptors (Lipinski definition) is 3. The SMILES string of the molecule is O=C(NCc1cnn(Cc2ccccc2)c1)NC1CCCOc2c(F)cccc21. The minimum absolute atomic E-state index is 0.234. The van der Waals surface area contributed by atoms with E-state index in [1.165, 1.54) is 6.07 Å². The van der Waals surface area contributed by atoms with Gasteiger partial charge in [-0.2, -0.15) is 5.10 Å². The van der Waals surface area contributed by atoms with Crippen LogP contribution in [0.25, 0.3) is 0 Å². The lowest BCUT2D eigenvalue weighted by Gasteiger charge is -2.19. The van der Waals surface area contributed by atoms with Crippen LogP contribution in [0.5, 0.6) is 5.75 Å². The molecule has 0 bridgehead atoms. The Balaban J connectivity index is 1.33. The molecule has 7 heteroatoms. The fourth-order valence-electron chi connectivity index (χ4n) is 3.47. The van der Waals surface area contributed by atoms with Crippen LogP contribution in [0.4, 0.5) is 9.18 Å². The van der Waals surface area contributed by atoms with E-state index in [9.17, 15) is 9.18 Å². The molecule has 2 heterocycles. The Bertz CT molecular complexity index is 974. The summed E-state index contributed by atoms with van der Waals surface area (Å²) in [5, 5.41) is 10.1. The molecule has 1 atom stereocenters. The van der Waals surface area contributed by atoms with E-state index in [0.717, 1.165) is 17.5 Å². The van der Waals surface area contributed by atoms with E-state index in [0.29, 0.717) is 31.7 Å². The van der Waals surface area contributed by atoms with Gasteiger partial charge in [-0.15, -0.1) is 0 Å². The molecule has 2 aromatic carbocycles. The van der Waals surface area contributed by atoms with Crippen molar-refractivity contribution in [3.63, 3.8) is 0 Å². The van der Waals surface area contributed by atoms with Gasteiger partial charge >= 0.3 is 6.03 Å². The van der Waals surface area contributed by atoms with Crippen molar-refractivity contribution in [2.24, 2.45) is 0 Å². The average molecular weight is 394 g/mol. The molecule has 0 saturated carbocycles. The molecule has 1 unspecified atom stereocenters. The minimum Gasteiger partial charge on any atom is -0.490 e. The maximum Gasteiger partial charge on any atom is 0.315 e. The summed E-state index contributed by atoms with van der Waals surface area (Å²) < 4.78 is 21.4. The molecule has 0 radical (unpaired) electrons. The lowest BCUT2D eigenvalue weighted by molar-refractivity contribution is 0.236. The van der Waals surface area contributed by atoms with Crippen molar-refractivity contribution in [3.05, 3.63) is 83.4 Å². The lowest BCUT2D eigenvalue weighted by atomic mass is 10.0. The second kappa shape index (κ2) is 8.77. The Morgan fingerprint density at radius 3 is 2.90 bits per heavy atom. The normalized spacial score (nSPS) is 15.7. The van der Waals surface area contributed by atoms with Crippen molar-refractivity contribution in [2.45, 2.75) is 32.0 Å². The van der Waals surface area contributed by atoms with Gasteiger partial charge in [0.25, 0.3) is 0 Å². The molecule has 150 valence electrons. The van der Waals surface area contributed by atoms with Crippen LogP contribution in [0.15, 0.2) is 60.9 Å². The molecule has 1 aliphatic rings. The molecule has 1 aliphatic heterocycles. The molecular weight excluding hydrogens is 371 g/mol. The first-order valence-corrected chi connectivity index (χ1v) is 9.70. The Morgan fingerprint density at radius 2 is 2.03 bits per heavy atom. The predicted octanol–water partition coefficient (Wildman–Crippen LogP) is 3.78. The number of rotatable bonds is 5. The van der Waals surface area contributed by atoms with Crippen molar-refractivity contribution in [2.75, 3.05) is 6.61 Å². The largest absolute Gasteiger partial charge is 0.490 e. The van der Waals surface area contributed by atoms with Crippen LogP contribution in [0.2, 0.25) is 0 Å². The highest BCUT2D eigenvalue weighted by Gasteiger charge is 2.23. The number of aromatic nitrogens is 2. The van der Waals surface area contributed by atoms with Crippen LogP contribution in [0.1, 0.15) is 35.6 Å². The predicted molar refractivity (Wildman–Crippen MR) is 107 cm³/mol. The summed E-state index contributed by atoms with van der Waals surface area (Å²) in [6.07, 6.45) is 5.09. The van der Waals surface area contributed by atoms with Gasteiger partial charge in [0.15, 0.2) is 11.6 Å². The van der Waals surface area contributed by atoms with Gasteiger partial charge in [0, 0.05) is 23.9 Å². The van der Waals surface area contributed by atoms with Crippen LogP contribution in [-0.4, -0.2) is 22.4 Å². The van der Waals surface area contributed by atoms with E-state index in [2.05, 4.69) is 15.7 Å². The number of carbonyl (C=O) groups is 1. The summed E-state index contributed by atoms with van der Waals surface area (Å²) in [6, 6.07) is 14.3. The van der Waals surface area contributed by atoms with Gasteiger partial charge < -0.3 is 15.4 Å². The third-order valence-corrected chi connectivity index (χ3v) is 4.89. The molecule has 4 rings (SSSR count). The molecule has 2 amide bonds. The maximum absolute atomic E-state index is 14.0. The monoisotopic (exact) mass is 394 g/mol. The van der Waals surface area contributed by atoms with E-state index in [-0.39, 0.29) is 17.8 Å². The van der Waals surface area contributed by atoms with Crippen LogP contribution in [0, 0.1) is 5.82 Å². The molecule has 0 aliphatic carbocycles. The lowest BCUT2D eigenvalue weighted by Crippen LogP contribution is -2.37. The molecule has 3 aromatic rings. The van der Waals surface area contributed by atoms with Crippen molar-refractivity contribution in [3.8, 4) is 5.75 Å². The molecule has 29 heavy (non-hydrogen) atoms. The van der Waals surface area contributed by atoms with Gasteiger partial charge in [0.1, 0.15) is 0 Å². The topological polar surface area (TPSA) is 68.2 Å². The number of hydrogen-bond donors (Lipinski definition) is 2.